The SMILES string of the molecule is CCOc1cc(C#N)ccc1OC(=O)COc1ccc(I)cc1. The molecule has 0 bridgehead atoms. The summed E-state index contributed by atoms with van der Waals surface area (Å²) in [7, 11) is 0. The lowest BCUT2D eigenvalue weighted by Crippen LogP contribution is -2.18. The molecule has 0 atom stereocenters. The van der Waals surface area contributed by atoms with Crippen molar-refractivity contribution >= 4 is 28.6 Å². The molecule has 0 aromatic heterocycles. The molecule has 0 saturated carbocycles. The zero-order valence-corrected chi connectivity index (χ0v) is 14.6. The summed E-state index contributed by atoms with van der Waals surface area (Å²) in [6.45, 7) is 2.00. The fourth-order valence-corrected chi connectivity index (χ4v) is 2.12. The Morgan fingerprint density at radius 1 is 1.13 bits per heavy atom. The van der Waals surface area contributed by atoms with Crippen LogP contribution in [0.4, 0.5) is 0 Å². The van der Waals surface area contributed by atoms with Gasteiger partial charge in [0.25, 0.3) is 0 Å². The summed E-state index contributed by atoms with van der Waals surface area (Å²) in [6.07, 6.45) is 0. The second kappa shape index (κ2) is 8.39. The molecule has 0 spiro atoms. The second-order valence-corrected chi connectivity index (χ2v) is 5.67. The third-order valence-electron chi connectivity index (χ3n) is 2.77. The number of carbonyl (C=O) groups is 1. The lowest BCUT2D eigenvalue weighted by atomic mass is 10.2. The van der Waals surface area contributed by atoms with E-state index in [2.05, 4.69) is 22.6 Å². The van der Waals surface area contributed by atoms with E-state index in [9.17, 15) is 4.79 Å². The first-order valence-electron chi connectivity index (χ1n) is 6.88. The monoisotopic (exact) mass is 423 g/mol. The molecule has 0 aliphatic carbocycles. The maximum absolute atomic E-state index is 11.9. The minimum atomic E-state index is -0.547. The standard InChI is InChI=1S/C17H14INO4/c1-2-21-16-9-12(10-19)3-8-15(16)23-17(20)11-22-14-6-4-13(18)5-7-14/h3-9H,2,11H2,1H3. The van der Waals surface area contributed by atoms with Gasteiger partial charge in [-0.3, -0.25) is 0 Å². The molecule has 0 aliphatic heterocycles. The number of nitrogens with zero attached hydrogens (tertiary/aromatic N) is 1. The number of benzene rings is 2. The number of carbonyl (C=O) groups excluding carboxylic acids is 1. The van der Waals surface area contributed by atoms with Gasteiger partial charge in [0.05, 0.1) is 18.2 Å². The molecule has 5 nitrogen and oxygen atoms in total. The topological polar surface area (TPSA) is 68.5 Å². The summed E-state index contributed by atoms with van der Waals surface area (Å²) < 4.78 is 17.1. The van der Waals surface area contributed by atoms with E-state index in [4.69, 9.17) is 19.5 Å². The van der Waals surface area contributed by atoms with Crippen LogP contribution in [0, 0.1) is 14.9 Å². The highest BCUT2D eigenvalue weighted by molar-refractivity contribution is 14.1. The Morgan fingerprint density at radius 2 is 1.87 bits per heavy atom. The normalized spacial score (nSPS) is 9.78. The van der Waals surface area contributed by atoms with E-state index in [0.29, 0.717) is 23.7 Å². The van der Waals surface area contributed by atoms with Gasteiger partial charge in [0.2, 0.25) is 0 Å². The van der Waals surface area contributed by atoms with Gasteiger partial charge in [0, 0.05) is 9.64 Å². The van der Waals surface area contributed by atoms with Crippen molar-refractivity contribution in [1.29, 1.82) is 5.26 Å². The van der Waals surface area contributed by atoms with Crippen LogP contribution in [-0.2, 0) is 4.79 Å². The van der Waals surface area contributed by atoms with Gasteiger partial charge in [-0.25, -0.2) is 4.79 Å². The third-order valence-corrected chi connectivity index (χ3v) is 3.49. The molecule has 0 amide bonds. The fraction of sp³-hybridized carbons (Fsp3) is 0.176. The molecule has 6 heteroatoms. The lowest BCUT2D eigenvalue weighted by Gasteiger charge is -2.11. The van der Waals surface area contributed by atoms with Crippen LogP contribution in [0.2, 0.25) is 0 Å². The Balaban J connectivity index is 1.99. The van der Waals surface area contributed by atoms with Crippen molar-refractivity contribution in [1.82, 2.24) is 0 Å². The average Bonchev–Trinajstić information content (AvgIpc) is 2.56. The van der Waals surface area contributed by atoms with Crippen molar-refractivity contribution in [2.75, 3.05) is 13.2 Å². The molecular weight excluding hydrogens is 409 g/mol. The number of rotatable bonds is 6. The van der Waals surface area contributed by atoms with Gasteiger partial charge in [-0.05, 0) is 65.9 Å². The summed E-state index contributed by atoms with van der Waals surface area (Å²) >= 11 is 2.19. The molecule has 0 heterocycles. The zero-order valence-electron chi connectivity index (χ0n) is 12.4. The van der Waals surface area contributed by atoms with Crippen molar-refractivity contribution in [3.63, 3.8) is 0 Å². The zero-order chi connectivity index (χ0) is 16.7. The molecule has 2 aromatic rings. The van der Waals surface area contributed by atoms with Gasteiger partial charge < -0.3 is 14.2 Å². The van der Waals surface area contributed by atoms with Crippen molar-refractivity contribution in [2.24, 2.45) is 0 Å². The maximum Gasteiger partial charge on any atom is 0.349 e. The molecule has 0 N–H and O–H groups in total. The first-order chi connectivity index (χ1) is 11.1. The summed E-state index contributed by atoms with van der Waals surface area (Å²) in [5.74, 6) is 0.665. The molecule has 2 rings (SSSR count). The van der Waals surface area contributed by atoms with Crippen LogP contribution in [-0.4, -0.2) is 19.2 Å². The number of esters is 1. The van der Waals surface area contributed by atoms with Gasteiger partial charge in [0.15, 0.2) is 18.1 Å². The van der Waals surface area contributed by atoms with Gasteiger partial charge >= 0.3 is 5.97 Å². The van der Waals surface area contributed by atoms with Crippen molar-refractivity contribution in [3.8, 4) is 23.3 Å². The summed E-state index contributed by atoms with van der Waals surface area (Å²) in [4.78, 5) is 11.9. The summed E-state index contributed by atoms with van der Waals surface area (Å²) in [5, 5.41) is 8.90. The van der Waals surface area contributed by atoms with Gasteiger partial charge in [0.1, 0.15) is 5.75 Å². The molecule has 0 saturated heterocycles. The highest BCUT2D eigenvalue weighted by Gasteiger charge is 2.12. The van der Waals surface area contributed by atoms with Gasteiger partial charge in [-0.2, -0.15) is 5.26 Å². The van der Waals surface area contributed by atoms with Crippen LogP contribution in [0.25, 0.3) is 0 Å². The maximum atomic E-state index is 11.9. The van der Waals surface area contributed by atoms with Crippen LogP contribution >= 0.6 is 22.6 Å². The van der Waals surface area contributed by atoms with Crippen LogP contribution in [0.5, 0.6) is 17.2 Å². The molecule has 23 heavy (non-hydrogen) atoms. The number of hydrogen-bond acceptors (Lipinski definition) is 5. The van der Waals surface area contributed by atoms with Crippen LogP contribution in [0.1, 0.15) is 12.5 Å². The van der Waals surface area contributed by atoms with Crippen LogP contribution < -0.4 is 14.2 Å². The highest BCUT2D eigenvalue weighted by atomic mass is 127. The minimum absolute atomic E-state index is 0.216. The summed E-state index contributed by atoms with van der Waals surface area (Å²) in [6, 6.07) is 14.0. The Morgan fingerprint density at radius 3 is 2.52 bits per heavy atom. The minimum Gasteiger partial charge on any atom is -0.490 e. The predicted molar refractivity (Wildman–Crippen MR) is 92.6 cm³/mol. The number of nitriles is 1. The van der Waals surface area contributed by atoms with E-state index in [0.717, 1.165) is 3.57 Å². The smallest absolute Gasteiger partial charge is 0.349 e. The molecule has 0 unspecified atom stereocenters. The molecule has 118 valence electrons. The third kappa shape index (κ3) is 5.14. The Bertz CT molecular complexity index is 722. The Labute approximate surface area is 147 Å². The molecule has 0 aliphatic rings. The van der Waals surface area contributed by atoms with E-state index in [1.165, 1.54) is 12.1 Å². The largest absolute Gasteiger partial charge is 0.490 e. The average molecular weight is 423 g/mol. The van der Waals surface area contributed by atoms with E-state index in [1.807, 2.05) is 25.1 Å². The Kier molecular flexibility index (Phi) is 6.23. The van der Waals surface area contributed by atoms with Crippen molar-refractivity contribution < 1.29 is 19.0 Å². The van der Waals surface area contributed by atoms with E-state index >= 15 is 0 Å². The summed E-state index contributed by atoms with van der Waals surface area (Å²) in [5.41, 5.74) is 0.434. The number of halogens is 1. The van der Waals surface area contributed by atoms with Gasteiger partial charge in [-0.1, -0.05) is 0 Å². The first-order valence-corrected chi connectivity index (χ1v) is 7.96. The molecule has 0 fully saturated rings. The lowest BCUT2D eigenvalue weighted by molar-refractivity contribution is -0.136. The van der Waals surface area contributed by atoms with Crippen LogP contribution in [0.3, 0.4) is 0 Å². The van der Waals surface area contributed by atoms with Crippen molar-refractivity contribution in [3.05, 3.63) is 51.6 Å². The van der Waals surface area contributed by atoms with E-state index in [1.54, 1.807) is 18.2 Å². The number of ether oxygens (including phenoxy) is 3. The van der Waals surface area contributed by atoms with E-state index in [-0.39, 0.29) is 12.4 Å². The molecule has 0 radical (unpaired) electrons. The second-order valence-electron chi connectivity index (χ2n) is 4.42. The van der Waals surface area contributed by atoms with E-state index < -0.39 is 5.97 Å². The predicted octanol–water partition coefficient (Wildman–Crippen LogP) is 3.55. The first kappa shape index (κ1) is 17.1. The highest BCUT2D eigenvalue weighted by Crippen LogP contribution is 2.28. The quantitative estimate of drug-likeness (QED) is 0.404. The molecule has 2 aromatic carbocycles. The van der Waals surface area contributed by atoms with Crippen LogP contribution in [0.15, 0.2) is 42.5 Å². The van der Waals surface area contributed by atoms with Gasteiger partial charge in [-0.15, -0.1) is 0 Å². The fourth-order valence-electron chi connectivity index (χ4n) is 1.76. The van der Waals surface area contributed by atoms with Crippen molar-refractivity contribution in [2.45, 2.75) is 6.92 Å². The Hall–Kier alpha value is -2.27. The number of hydrogen-bond donors (Lipinski definition) is 0. The molecular formula is C17H14INO4.